The van der Waals surface area contributed by atoms with Gasteiger partial charge >= 0.3 is 0 Å². The Morgan fingerprint density at radius 2 is 1.97 bits per heavy atom. The lowest BCUT2D eigenvalue weighted by atomic mass is 10.0. The topological polar surface area (TPSA) is 90.5 Å². The molecule has 9 heteroatoms. The number of ether oxygens (including phenoxy) is 1. The number of hydrogen-bond donors (Lipinski definition) is 3. The highest BCUT2D eigenvalue weighted by molar-refractivity contribution is 5.70. The minimum absolute atomic E-state index is 0.657. The molecule has 0 radical (unpaired) electrons. The van der Waals surface area contributed by atoms with Crippen molar-refractivity contribution in [2.24, 2.45) is 0 Å². The van der Waals surface area contributed by atoms with Gasteiger partial charge in [-0.25, -0.2) is 15.0 Å². The van der Waals surface area contributed by atoms with Gasteiger partial charge < -0.3 is 30.5 Å². The molecule has 3 N–H and O–H groups in total. The van der Waals surface area contributed by atoms with Crippen molar-refractivity contribution < 1.29 is 4.74 Å². The van der Waals surface area contributed by atoms with Crippen LogP contribution in [0.25, 0.3) is 0 Å². The van der Waals surface area contributed by atoms with Gasteiger partial charge in [-0.15, -0.1) is 0 Å². The van der Waals surface area contributed by atoms with Gasteiger partial charge in [0.1, 0.15) is 23.9 Å². The summed E-state index contributed by atoms with van der Waals surface area (Å²) in [4.78, 5) is 18.2. The molecule has 0 bridgehead atoms. The standard InChI is InChI=1S/C25H32N8O/c1-17-21(15-30-25-24(17)27-8-11-34-25)33-9-6-18-13-28-23(12-19(18)16-33)31-20-4-5-22(29-14-20)26-7-10-32(2)3/h4-5,12-15,27H,6-11,16H2,1-3H3,(H,26,29)(H,28,31). The molecule has 0 unspecified atom stereocenters. The van der Waals surface area contributed by atoms with Crippen LogP contribution >= 0.6 is 0 Å². The summed E-state index contributed by atoms with van der Waals surface area (Å²) < 4.78 is 5.69. The Hall–Kier alpha value is -3.59. The second-order valence-electron chi connectivity index (χ2n) is 9.02. The first-order chi connectivity index (χ1) is 16.6. The van der Waals surface area contributed by atoms with Crippen LogP contribution in [0.15, 0.2) is 36.8 Å². The molecular weight excluding hydrogens is 428 g/mol. The predicted molar refractivity (Wildman–Crippen MR) is 137 cm³/mol. The Bertz CT molecular complexity index is 1150. The molecule has 0 spiro atoms. The smallest absolute Gasteiger partial charge is 0.237 e. The van der Waals surface area contributed by atoms with Crippen LogP contribution in [0.3, 0.4) is 0 Å². The Kier molecular flexibility index (Phi) is 6.35. The monoisotopic (exact) mass is 460 g/mol. The Morgan fingerprint density at radius 3 is 2.79 bits per heavy atom. The van der Waals surface area contributed by atoms with Gasteiger partial charge in [0.2, 0.25) is 5.88 Å². The minimum Gasteiger partial charge on any atom is -0.474 e. The van der Waals surface area contributed by atoms with E-state index >= 15 is 0 Å². The largest absolute Gasteiger partial charge is 0.474 e. The van der Waals surface area contributed by atoms with Crippen LogP contribution in [0.5, 0.6) is 5.88 Å². The number of aromatic nitrogens is 3. The Labute approximate surface area is 200 Å². The van der Waals surface area contributed by atoms with Gasteiger partial charge in [0.15, 0.2) is 0 Å². The minimum atomic E-state index is 0.657. The van der Waals surface area contributed by atoms with Gasteiger partial charge in [0.25, 0.3) is 0 Å². The van der Waals surface area contributed by atoms with E-state index in [1.165, 1.54) is 16.7 Å². The summed E-state index contributed by atoms with van der Waals surface area (Å²) in [5.41, 5.74) is 6.84. The van der Waals surface area contributed by atoms with Gasteiger partial charge in [-0.05, 0) is 56.8 Å². The lowest BCUT2D eigenvalue weighted by Gasteiger charge is -2.33. The van der Waals surface area contributed by atoms with E-state index in [2.05, 4.69) is 67.8 Å². The first-order valence-electron chi connectivity index (χ1n) is 11.8. The van der Waals surface area contributed by atoms with E-state index in [9.17, 15) is 0 Å². The zero-order valence-electron chi connectivity index (χ0n) is 20.1. The fourth-order valence-corrected chi connectivity index (χ4v) is 4.37. The fraction of sp³-hybridized carbons (Fsp3) is 0.400. The van der Waals surface area contributed by atoms with E-state index in [1.807, 2.05) is 30.7 Å². The second kappa shape index (κ2) is 9.72. The molecule has 9 nitrogen and oxygen atoms in total. The molecule has 0 saturated carbocycles. The first kappa shape index (κ1) is 22.2. The van der Waals surface area contributed by atoms with Gasteiger partial charge in [0.05, 0.1) is 23.8 Å². The molecule has 3 aromatic rings. The second-order valence-corrected chi connectivity index (χ2v) is 9.02. The highest BCUT2D eigenvalue weighted by Gasteiger charge is 2.23. The summed E-state index contributed by atoms with van der Waals surface area (Å²) in [5.74, 6) is 2.40. The van der Waals surface area contributed by atoms with Crippen molar-refractivity contribution in [1.82, 2.24) is 19.9 Å². The van der Waals surface area contributed by atoms with E-state index < -0.39 is 0 Å². The van der Waals surface area contributed by atoms with Crippen LogP contribution in [0.1, 0.15) is 16.7 Å². The van der Waals surface area contributed by atoms with Crippen LogP contribution in [-0.2, 0) is 13.0 Å². The van der Waals surface area contributed by atoms with Crippen molar-refractivity contribution in [1.29, 1.82) is 0 Å². The molecule has 2 aliphatic rings. The molecule has 5 heterocycles. The van der Waals surface area contributed by atoms with E-state index in [4.69, 9.17) is 4.74 Å². The van der Waals surface area contributed by atoms with Crippen molar-refractivity contribution in [3.05, 3.63) is 53.5 Å². The molecule has 3 aromatic heterocycles. The van der Waals surface area contributed by atoms with Gasteiger partial charge in [0, 0.05) is 44.5 Å². The average molecular weight is 461 g/mol. The van der Waals surface area contributed by atoms with Crippen LogP contribution in [0, 0.1) is 6.92 Å². The van der Waals surface area contributed by atoms with E-state index in [1.54, 1.807) is 0 Å². The van der Waals surface area contributed by atoms with Gasteiger partial charge in [-0.2, -0.15) is 0 Å². The summed E-state index contributed by atoms with van der Waals surface area (Å²) in [5, 5.41) is 10.2. The third-order valence-electron chi connectivity index (χ3n) is 6.26. The molecule has 0 amide bonds. The predicted octanol–water partition coefficient (Wildman–Crippen LogP) is 3.26. The molecule has 0 aliphatic carbocycles. The molecule has 0 fully saturated rings. The van der Waals surface area contributed by atoms with Crippen molar-refractivity contribution in [2.45, 2.75) is 19.9 Å². The Morgan fingerprint density at radius 1 is 1.09 bits per heavy atom. The van der Waals surface area contributed by atoms with E-state index in [0.717, 1.165) is 67.8 Å². The van der Waals surface area contributed by atoms with E-state index in [-0.39, 0.29) is 0 Å². The normalized spacial score (nSPS) is 14.6. The van der Waals surface area contributed by atoms with E-state index in [0.29, 0.717) is 12.5 Å². The average Bonchev–Trinajstić information content (AvgIpc) is 2.85. The lowest BCUT2D eigenvalue weighted by molar-refractivity contribution is 0.310. The molecule has 0 atom stereocenters. The first-order valence-corrected chi connectivity index (χ1v) is 11.8. The molecule has 0 aromatic carbocycles. The summed E-state index contributed by atoms with van der Waals surface area (Å²) in [6.07, 6.45) is 6.72. The fourth-order valence-electron chi connectivity index (χ4n) is 4.37. The number of fused-ring (bicyclic) bond motifs is 2. The van der Waals surface area contributed by atoms with Gasteiger partial charge in [-0.1, -0.05) is 0 Å². The quantitative estimate of drug-likeness (QED) is 0.491. The summed E-state index contributed by atoms with van der Waals surface area (Å²) in [6.45, 7) is 7.19. The van der Waals surface area contributed by atoms with Crippen molar-refractivity contribution in [2.75, 3.05) is 67.7 Å². The Balaban J connectivity index is 1.27. The lowest BCUT2D eigenvalue weighted by Crippen LogP contribution is -2.32. The maximum Gasteiger partial charge on any atom is 0.237 e. The molecule has 2 aliphatic heterocycles. The number of pyridine rings is 3. The number of hydrogen-bond acceptors (Lipinski definition) is 9. The summed E-state index contributed by atoms with van der Waals surface area (Å²) >= 11 is 0. The number of likely N-dealkylation sites (N-methyl/N-ethyl adjacent to an activating group) is 1. The number of nitrogens with one attached hydrogen (secondary N) is 3. The molecule has 34 heavy (non-hydrogen) atoms. The van der Waals surface area contributed by atoms with Crippen molar-refractivity contribution >= 4 is 28.7 Å². The highest BCUT2D eigenvalue weighted by atomic mass is 16.5. The molecular formula is C25H32N8O. The maximum atomic E-state index is 5.69. The molecule has 5 rings (SSSR count). The number of nitrogens with zero attached hydrogens (tertiary/aromatic N) is 5. The number of anilines is 5. The van der Waals surface area contributed by atoms with Crippen LogP contribution in [-0.4, -0.2) is 66.7 Å². The molecule has 178 valence electrons. The third kappa shape index (κ3) is 4.84. The maximum absolute atomic E-state index is 5.69. The van der Waals surface area contributed by atoms with Crippen LogP contribution < -0.4 is 25.6 Å². The van der Waals surface area contributed by atoms with Crippen LogP contribution in [0.4, 0.5) is 28.7 Å². The number of rotatable bonds is 7. The van der Waals surface area contributed by atoms with Crippen LogP contribution in [0.2, 0.25) is 0 Å². The van der Waals surface area contributed by atoms with Crippen molar-refractivity contribution in [3.8, 4) is 5.88 Å². The third-order valence-corrected chi connectivity index (χ3v) is 6.26. The van der Waals surface area contributed by atoms with Crippen molar-refractivity contribution in [3.63, 3.8) is 0 Å². The molecule has 0 saturated heterocycles. The zero-order valence-corrected chi connectivity index (χ0v) is 20.1. The summed E-state index contributed by atoms with van der Waals surface area (Å²) in [6, 6.07) is 6.16. The SMILES string of the molecule is Cc1c(N2CCc3cnc(Nc4ccc(NCCN(C)C)nc4)cc3C2)cnc2c1NCCO2. The summed E-state index contributed by atoms with van der Waals surface area (Å²) in [7, 11) is 4.12. The highest BCUT2D eigenvalue weighted by Crippen LogP contribution is 2.36. The van der Waals surface area contributed by atoms with Gasteiger partial charge in [-0.3, -0.25) is 0 Å². The zero-order chi connectivity index (χ0) is 23.5.